The normalized spacial score (nSPS) is 13.1. The molecule has 0 rings (SSSR count). The molecule has 0 heterocycles. The van der Waals surface area contributed by atoms with Crippen LogP contribution in [0.2, 0.25) is 0 Å². The van der Waals surface area contributed by atoms with Gasteiger partial charge in [0.15, 0.2) is 6.10 Å². The van der Waals surface area contributed by atoms with E-state index in [9.17, 15) is 14.4 Å². The van der Waals surface area contributed by atoms with Crippen LogP contribution >= 0.6 is 0 Å². The Morgan fingerprint density at radius 1 is 0.328 bits per heavy atom. The first kappa shape index (κ1) is 62.8. The Labute approximate surface area is 412 Å². The van der Waals surface area contributed by atoms with Gasteiger partial charge in [0.2, 0.25) is 0 Å². The number of hydrogen-bond donors (Lipinski definition) is 0. The summed E-state index contributed by atoms with van der Waals surface area (Å²) in [6, 6.07) is 0. The number of esters is 3. The van der Waals surface area contributed by atoms with Gasteiger partial charge in [-0.25, -0.2) is 0 Å². The first-order valence-electron chi connectivity index (χ1n) is 27.0. The summed E-state index contributed by atoms with van der Waals surface area (Å²) in [5.41, 5.74) is 0. The standard InChI is InChI=1S/C61H98O6/c1-4-7-10-13-16-19-22-25-27-28-29-30-31-32-34-36-39-42-45-48-51-54-60(63)66-57-58(56-65-59(62)53-50-47-44-41-38-35-24-21-18-15-12-9-6-3)67-61(64)55-52-49-46-43-40-37-33-26-23-20-17-14-11-8-5-2/h7-8,10-11,16-17,19-20,25-27,29-30,32-34,40,43,49,52,58H,4-6,9,12-15,18,21-24,28,31,35-39,41-42,44-48,50-51,53-57H2,1-3H3/b10-7-,11-8-,19-16-,20-17-,27-25-,30-29-,33-26-,34-32-,43-40-,52-49-. The van der Waals surface area contributed by atoms with Gasteiger partial charge in [0.05, 0.1) is 6.42 Å². The number of hydrogen-bond acceptors (Lipinski definition) is 6. The first-order valence-corrected chi connectivity index (χ1v) is 27.0. The van der Waals surface area contributed by atoms with Gasteiger partial charge in [-0.1, -0.05) is 239 Å². The van der Waals surface area contributed by atoms with Crippen LogP contribution in [0.3, 0.4) is 0 Å². The second kappa shape index (κ2) is 54.4. The van der Waals surface area contributed by atoms with Crippen LogP contribution in [0, 0.1) is 0 Å². The van der Waals surface area contributed by atoms with E-state index in [2.05, 4.69) is 130 Å². The van der Waals surface area contributed by atoms with Crippen LogP contribution in [-0.2, 0) is 28.6 Å². The van der Waals surface area contributed by atoms with E-state index >= 15 is 0 Å². The Kier molecular flexibility index (Phi) is 51.0. The number of ether oxygens (including phenoxy) is 3. The van der Waals surface area contributed by atoms with Crippen molar-refractivity contribution < 1.29 is 28.6 Å². The zero-order valence-electron chi connectivity index (χ0n) is 43.1. The van der Waals surface area contributed by atoms with Gasteiger partial charge >= 0.3 is 17.9 Å². The van der Waals surface area contributed by atoms with Crippen molar-refractivity contribution in [2.45, 2.75) is 232 Å². The van der Waals surface area contributed by atoms with Crippen LogP contribution in [0.1, 0.15) is 226 Å². The summed E-state index contributed by atoms with van der Waals surface area (Å²) in [7, 11) is 0. The molecule has 0 bridgehead atoms. The predicted octanol–water partition coefficient (Wildman–Crippen LogP) is 18.1. The largest absolute Gasteiger partial charge is 0.462 e. The maximum Gasteiger partial charge on any atom is 0.310 e. The molecule has 0 saturated carbocycles. The minimum Gasteiger partial charge on any atom is -0.462 e. The van der Waals surface area contributed by atoms with Gasteiger partial charge in [-0.3, -0.25) is 14.4 Å². The number of rotatable bonds is 47. The Balaban J connectivity index is 4.52. The van der Waals surface area contributed by atoms with E-state index in [0.29, 0.717) is 19.3 Å². The highest BCUT2D eigenvalue weighted by atomic mass is 16.6. The van der Waals surface area contributed by atoms with Crippen molar-refractivity contribution in [3.63, 3.8) is 0 Å². The monoisotopic (exact) mass is 927 g/mol. The Hall–Kier alpha value is -4.19. The van der Waals surface area contributed by atoms with Crippen LogP contribution in [0.5, 0.6) is 0 Å². The molecule has 67 heavy (non-hydrogen) atoms. The molecule has 6 nitrogen and oxygen atoms in total. The molecular formula is C61H98O6. The van der Waals surface area contributed by atoms with Crippen molar-refractivity contribution in [2.75, 3.05) is 13.2 Å². The molecule has 0 N–H and O–H groups in total. The molecule has 0 aliphatic heterocycles. The number of carbonyl (C=O) groups excluding carboxylic acids is 3. The fourth-order valence-electron chi connectivity index (χ4n) is 7.01. The maximum absolute atomic E-state index is 12.8. The zero-order chi connectivity index (χ0) is 48.6. The number of allylic oxidation sites excluding steroid dienone is 19. The number of unbranched alkanes of at least 4 members (excludes halogenated alkanes) is 17. The van der Waals surface area contributed by atoms with Crippen molar-refractivity contribution in [1.29, 1.82) is 0 Å². The van der Waals surface area contributed by atoms with E-state index < -0.39 is 12.1 Å². The Morgan fingerprint density at radius 2 is 0.627 bits per heavy atom. The van der Waals surface area contributed by atoms with Crippen molar-refractivity contribution in [2.24, 2.45) is 0 Å². The van der Waals surface area contributed by atoms with Crippen molar-refractivity contribution in [3.05, 3.63) is 122 Å². The molecule has 0 aliphatic rings. The van der Waals surface area contributed by atoms with Crippen LogP contribution in [0.25, 0.3) is 0 Å². The van der Waals surface area contributed by atoms with Crippen LogP contribution in [0.4, 0.5) is 0 Å². The number of carbonyl (C=O) groups is 3. The Morgan fingerprint density at radius 3 is 0.985 bits per heavy atom. The molecule has 0 aromatic carbocycles. The lowest BCUT2D eigenvalue weighted by Gasteiger charge is -2.18. The third kappa shape index (κ3) is 52.6. The Bertz CT molecular complexity index is 1440. The fraction of sp³-hybridized carbons (Fsp3) is 0.623. The zero-order valence-corrected chi connectivity index (χ0v) is 43.1. The minimum absolute atomic E-state index is 0.0892. The van der Waals surface area contributed by atoms with E-state index in [0.717, 1.165) is 116 Å². The summed E-state index contributed by atoms with van der Waals surface area (Å²) in [4.78, 5) is 38.0. The topological polar surface area (TPSA) is 78.9 Å². The molecule has 0 spiro atoms. The van der Waals surface area contributed by atoms with Crippen LogP contribution in [0.15, 0.2) is 122 Å². The van der Waals surface area contributed by atoms with Gasteiger partial charge in [0.25, 0.3) is 0 Å². The van der Waals surface area contributed by atoms with Crippen molar-refractivity contribution in [3.8, 4) is 0 Å². The molecule has 0 amide bonds. The quantitative estimate of drug-likeness (QED) is 0.0262. The third-order valence-electron chi connectivity index (χ3n) is 11.0. The summed E-state index contributed by atoms with van der Waals surface area (Å²) in [6.07, 6.45) is 74.9. The summed E-state index contributed by atoms with van der Waals surface area (Å²) in [5, 5.41) is 0. The van der Waals surface area contributed by atoms with Gasteiger partial charge in [-0.05, 0) is 89.9 Å². The molecule has 0 radical (unpaired) electrons. The molecular weight excluding hydrogens is 829 g/mol. The first-order chi connectivity index (χ1) is 33.0. The van der Waals surface area contributed by atoms with E-state index in [1.807, 2.05) is 6.08 Å². The highest BCUT2D eigenvalue weighted by Crippen LogP contribution is 2.14. The smallest absolute Gasteiger partial charge is 0.310 e. The van der Waals surface area contributed by atoms with Crippen LogP contribution in [-0.4, -0.2) is 37.2 Å². The van der Waals surface area contributed by atoms with Gasteiger partial charge < -0.3 is 14.2 Å². The summed E-state index contributed by atoms with van der Waals surface area (Å²) in [5.74, 6) is -1.08. The molecule has 0 aliphatic carbocycles. The lowest BCUT2D eigenvalue weighted by Crippen LogP contribution is -2.30. The van der Waals surface area contributed by atoms with Gasteiger partial charge in [-0.2, -0.15) is 0 Å². The molecule has 378 valence electrons. The molecule has 1 atom stereocenters. The second-order valence-electron chi connectivity index (χ2n) is 17.4. The fourth-order valence-corrected chi connectivity index (χ4v) is 7.01. The lowest BCUT2D eigenvalue weighted by atomic mass is 10.0. The van der Waals surface area contributed by atoms with E-state index in [1.54, 1.807) is 6.08 Å². The highest BCUT2D eigenvalue weighted by molar-refractivity contribution is 5.72. The molecule has 0 aromatic heterocycles. The van der Waals surface area contributed by atoms with E-state index in [-0.39, 0.29) is 31.6 Å². The van der Waals surface area contributed by atoms with Crippen molar-refractivity contribution >= 4 is 17.9 Å². The minimum atomic E-state index is -0.842. The van der Waals surface area contributed by atoms with Gasteiger partial charge in [-0.15, -0.1) is 0 Å². The summed E-state index contributed by atoms with van der Waals surface area (Å²) < 4.78 is 16.7. The lowest BCUT2D eigenvalue weighted by molar-refractivity contribution is -0.166. The highest BCUT2D eigenvalue weighted by Gasteiger charge is 2.19. The van der Waals surface area contributed by atoms with Gasteiger partial charge in [0.1, 0.15) is 13.2 Å². The molecule has 0 fully saturated rings. The molecule has 6 heteroatoms. The summed E-state index contributed by atoms with van der Waals surface area (Å²) in [6.45, 7) is 6.30. The summed E-state index contributed by atoms with van der Waals surface area (Å²) >= 11 is 0. The van der Waals surface area contributed by atoms with Crippen LogP contribution < -0.4 is 0 Å². The van der Waals surface area contributed by atoms with E-state index in [1.165, 1.54) is 64.2 Å². The molecule has 0 saturated heterocycles. The average Bonchev–Trinajstić information content (AvgIpc) is 3.33. The van der Waals surface area contributed by atoms with Gasteiger partial charge in [0, 0.05) is 12.8 Å². The van der Waals surface area contributed by atoms with E-state index in [4.69, 9.17) is 14.2 Å². The SMILES string of the molecule is CC/C=C\C/C=C\C/C=C\C/C=C\C/C=C\CCCCCCCC(=O)OCC(COC(=O)CCCCCCCCCCCCCCC)OC(=O)C/C=C\C/C=C\C/C=C\C/C=C\C/C=C\CC. The molecule has 0 aromatic rings. The van der Waals surface area contributed by atoms with Crippen molar-refractivity contribution in [1.82, 2.24) is 0 Å². The predicted molar refractivity (Wildman–Crippen MR) is 288 cm³/mol. The second-order valence-corrected chi connectivity index (χ2v) is 17.4. The maximum atomic E-state index is 12.8. The molecule has 1 unspecified atom stereocenters. The third-order valence-corrected chi connectivity index (χ3v) is 11.0. The average molecular weight is 927 g/mol.